The molecule has 0 unspecified atom stereocenters. The van der Waals surface area contributed by atoms with E-state index < -0.39 is 0 Å². The molecule has 0 bridgehead atoms. The normalized spacial score (nSPS) is 21.8. The minimum Gasteiger partial charge on any atom is -0.495 e. The summed E-state index contributed by atoms with van der Waals surface area (Å²) in [6, 6.07) is 5.92. The van der Waals surface area contributed by atoms with Crippen molar-refractivity contribution >= 4 is 11.6 Å². The number of methoxy groups -OCH3 is 1. The third-order valence-electron chi connectivity index (χ3n) is 4.28. The standard InChI is InChI=1S/C14H18N2O2/c1-16-8-6-14(7-9-16)10-4-3-5-11(18-2)12(10)15-13(14)17/h3-5H,6-9H2,1-2H3,(H,15,17). The van der Waals surface area contributed by atoms with Gasteiger partial charge >= 0.3 is 0 Å². The van der Waals surface area contributed by atoms with E-state index in [9.17, 15) is 4.79 Å². The Hall–Kier alpha value is -1.55. The molecule has 0 aliphatic carbocycles. The van der Waals surface area contributed by atoms with Crippen molar-refractivity contribution in [3.8, 4) is 5.75 Å². The van der Waals surface area contributed by atoms with Gasteiger partial charge in [-0.3, -0.25) is 4.79 Å². The lowest BCUT2D eigenvalue weighted by molar-refractivity contribution is -0.122. The van der Waals surface area contributed by atoms with E-state index in [1.807, 2.05) is 12.1 Å². The van der Waals surface area contributed by atoms with Crippen molar-refractivity contribution in [1.29, 1.82) is 0 Å². The molecule has 3 rings (SSSR count). The average molecular weight is 246 g/mol. The molecule has 2 aliphatic heterocycles. The molecule has 1 aromatic carbocycles. The van der Waals surface area contributed by atoms with Crippen molar-refractivity contribution in [3.05, 3.63) is 23.8 Å². The number of para-hydroxylation sites is 1. The number of amides is 1. The molecule has 1 spiro atoms. The number of nitrogens with one attached hydrogen (secondary N) is 1. The molecule has 1 amide bonds. The van der Waals surface area contributed by atoms with Crippen molar-refractivity contribution < 1.29 is 9.53 Å². The van der Waals surface area contributed by atoms with Gasteiger partial charge in [-0.15, -0.1) is 0 Å². The highest BCUT2D eigenvalue weighted by molar-refractivity contribution is 6.07. The molecule has 0 radical (unpaired) electrons. The molecule has 1 N–H and O–H groups in total. The number of ether oxygens (including phenoxy) is 1. The number of hydrogen-bond donors (Lipinski definition) is 1. The van der Waals surface area contributed by atoms with Crippen LogP contribution in [0.2, 0.25) is 0 Å². The van der Waals surface area contributed by atoms with Crippen LogP contribution < -0.4 is 10.1 Å². The van der Waals surface area contributed by atoms with Gasteiger partial charge in [0.25, 0.3) is 0 Å². The molecule has 96 valence electrons. The number of carbonyl (C=O) groups is 1. The van der Waals surface area contributed by atoms with Crippen molar-refractivity contribution in [2.75, 3.05) is 32.6 Å². The van der Waals surface area contributed by atoms with Crippen LogP contribution in [0.15, 0.2) is 18.2 Å². The van der Waals surface area contributed by atoms with E-state index in [0.717, 1.165) is 42.9 Å². The maximum Gasteiger partial charge on any atom is 0.235 e. The first-order valence-electron chi connectivity index (χ1n) is 6.35. The molecule has 0 atom stereocenters. The third kappa shape index (κ3) is 1.45. The average Bonchev–Trinajstić information content (AvgIpc) is 2.66. The lowest BCUT2D eigenvalue weighted by Gasteiger charge is -2.36. The van der Waals surface area contributed by atoms with Crippen LogP contribution in [0, 0.1) is 0 Å². The van der Waals surface area contributed by atoms with Gasteiger partial charge in [0, 0.05) is 0 Å². The molecule has 2 heterocycles. The maximum absolute atomic E-state index is 12.4. The first kappa shape index (κ1) is 11.5. The van der Waals surface area contributed by atoms with Gasteiger partial charge in [0.1, 0.15) is 5.75 Å². The van der Waals surface area contributed by atoms with Gasteiger partial charge in [-0.1, -0.05) is 12.1 Å². The van der Waals surface area contributed by atoms with Crippen LogP contribution in [0.5, 0.6) is 5.75 Å². The number of rotatable bonds is 1. The highest BCUT2D eigenvalue weighted by Gasteiger charge is 2.48. The topological polar surface area (TPSA) is 41.6 Å². The van der Waals surface area contributed by atoms with Crippen LogP contribution in [0.1, 0.15) is 18.4 Å². The maximum atomic E-state index is 12.4. The van der Waals surface area contributed by atoms with Crippen molar-refractivity contribution in [1.82, 2.24) is 4.90 Å². The summed E-state index contributed by atoms with van der Waals surface area (Å²) in [4.78, 5) is 14.7. The van der Waals surface area contributed by atoms with Crippen LogP contribution in [0.3, 0.4) is 0 Å². The highest BCUT2D eigenvalue weighted by Crippen LogP contribution is 2.47. The summed E-state index contributed by atoms with van der Waals surface area (Å²) in [6.07, 6.45) is 1.77. The number of benzene rings is 1. The number of hydrogen-bond acceptors (Lipinski definition) is 3. The van der Waals surface area contributed by atoms with E-state index in [4.69, 9.17) is 4.74 Å². The molecule has 4 nitrogen and oxygen atoms in total. The first-order chi connectivity index (χ1) is 8.67. The summed E-state index contributed by atoms with van der Waals surface area (Å²) in [5.74, 6) is 0.895. The quantitative estimate of drug-likeness (QED) is 0.818. The van der Waals surface area contributed by atoms with Gasteiger partial charge in [0.05, 0.1) is 18.2 Å². The Bertz CT molecular complexity index is 491. The Balaban J connectivity index is 2.07. The fourth-order valence-electron chi connectivity index (χ4n) is 3.08. The van der Waals surface area contributed by atoms with Gasteiger partial charge in [0.15, 0.2) is 0 Å². The summed E-state index contributed by atoms with van der Waals surface area (Å²) in [6.45, 7) is 1.92. The van der Waals surface area contributed by atoms with Crippen LogP contribution in [-0.4, -0.2) is 38.1 Å². The second-order valence-corrected chi connectivity index (χ2v) is 5.22. The molecular weight excluding hydrogens is 228 g/mol. The summed E-state index contributed by atoms with van der Waals surface area (Å²) in [7, 11) is 3.74. The van der Waals surface area contributed by atoms with Gasteiger partial charge in [0.2, 0.25) is 5.91 Å². The van der Waals surface area contributed by atoms with Gasteiger partial charge < -0.3 is 15.0 Å². The Labute approximate surface area is 107 Å². The summed E-state index contributed by atoms with van der Waals surface area (Å²) in [5.41, 5.74) is 1.64. The van der Waals surface area contributed by atoms with E-state index in [1.165, 1.54) is 0 Å². The lowest BCUT2D eigenvalue weighted by atomic mass is 9.74. The summed E-state index contributed by atoms with van der Waals surface area (Å²) in [5, 5.41) is 3.01. The molecule has 18 heavy (non-hydrogen) atoms. The van der Waals surface area contributed by atoms with Gasteiger partial charge in [-0.25, -0.2) is 0 Å². The van der Waals surface area contributed by atoms with Gasteiger partial charge in [-0.2, -0.15) is 0 Å². The molecular formula is C14H18N2O2. The summed E-state index contributed by atoms with van der Waals surface area (Å²) >= 11 is 0. The Morgan fingerprint density at radius 1 is 1.33 bits per heavy atom. The fourth-order valence-corrected chi connectivity index (χ4v) is 3.08. The molecule has 1 fully saturated rings. The van der Waals surface area contributed by atoms with E-state index in [-0.39, 0.29) is 11.3 Å². The molecule has 0 aromatic heterocycles. The van der Waals surface area contributed by atoms with Crippen LogP contribution in [0.4, 0.5) is 5.69 Å². The van der Waals surface area contributed by atoms with E-state index >= 15 is 0 Å². The van der Waals surface area contributed by atoms with Crippen LogP contribution in [-0.2, 0) is 10.2 Å². The zero-order valence-corrected chi connectivity index (χ0v) is 10.8. The van der Waals surface area contributed by atoms with Crippen LogP contribution in [0.25, 0.3) is 0 Å². The van der Waals surface area contributed by atoms with E-state index in [0.29, 0.717) is 0 Å². The predicted octanol–water partition coefficient (Wildman–Crippen LogP) is 1.61. The largest absolute Gasteiger partial charge is 0.495 e. The zero-order valence-electron chi connectivity index (χ0n) is 10.8. The minimum atomic E-state index is -0.337. The number of carbonyl (C=O) groups excluding carboxylic acids is 1. The van der Waals surface area contributed by atoms with E-state index in [2.05, 4.69) is 23.3 Å². The number of likely N-dealkylation sites (tertiary alicyclic amines) is 1. The lowest BCUT2D eigenvalue weighted by Crippen LogP contribution is -2.45. The Morgan fingerprint density at radius 2 is 2.06 bits per heavy atom. The SMILES string of the molecule is COc1cccc2c1NC(=O)C21CCN(C)CC1. The number of piperidine rings is 1. The smallest absolute Gasteiger partial charge is 0.235 e. The molecule has 4 heteroatoms. The molecule has 0 saturated carbocycles. The highest BCUT2D eigenvalue weighted by atomic mass is 16.5. The molecule has 2 aliphatic rings. The molecule has 1 saturated heterocycles. The number of anilines is 1. The zero-order chi connectivity index (χ0) is 12.8. The van der Waals surface area contributed by atoms with E-state index in [1.54, 1.807) is 7.11 Å². The Morgan fingerprint density at radius 3 is 2.72 bits per heavy atom. The van der Waals surface area contributed by atoms with Crippen molar-refractivity contribution in [2.45, 2.75) is 18.3 Å². The van der Waals surface area contributed by atoms with Crippen molar-refractivity contribution in [3.63, 3.8) is 0 Å². The number of nitrogens with zero attached hydrogens (tertiary/aromatic N) is 1. The fraction of sp³-hybridized carbons (Fsp3) is 0.500. The second kappa shape index (κ2) is 3.99. The third-order valence-corrected chi connectivity index (χ3v) is 4.28. The number of fused-ring (bicyclic) bond motifs is 2. The summed E-state index contributed by atoms with van der Waals surface area (Å²) < 4.78 is 5.34. The van der Waals surface area contributed by atoms with Gasteiger partial charge in [-0.05, 0) is 44.6 Å². The van der Waals surface area contributed by atoms with Crippen LogP contribution >= 0.6 is 0 Å². The first-order valence-corrected chi connectivity index (χ1v) is 6.35. The predicted molar refractivity (Wildman–Crippen MR) is 70.0 cm³/mol. The second-order valence-electron chi connectivity index (χ2n) is 5.22. The minimum absolute atomic E-state index is 0.134. The monoisotopic (exact) mass is 246 g/mol. The van der Waals surface area contributed by atoms with Crippen molar-refractivity contribution in [2.24, 2.45) is 0 Å². The molecule has 1 aromatic rings. The Kier molecular flexibility index (Phi) is 2.55.